The molecule has 1 atom stereocenters. The molecule has 2 fully saturated rings. The van der Waals surface area contributed by atoms with Gasteiger partial charge in [0.2, 0.25) is 5.91 Å². The van der Waals surface area contributed by atoms with E-state index in [0.717, 1.165) is 32.2 Å². The van der Waals surface area contributed by atoms with E-state index in [1.807, 2.05) is 4.90 Å². The summed E-state index contributed by atoms with van der Waals surface area (Å²) in [4.78, 5) is 17.9. The van der Waals surface area contributed by atoms with Crippen LogP contribution in [0.3, 0.4) is 0 Å². The number of carbonyl (C=O) groups is 1. The van der Waals surface area contributed by atoms with E-state index < -0.39 is 0 Å². The molecule has 0 aromatic carbocycles. The maximum absolute atomic E-state index is 12.1. The van der Waals surface area contributed by atoms with Gasteiger partial charge in [-0.15, -0.1) is 0 Å². The lowest BCUT2D eigenvalue weighted by Gasteiger charge is -2.33. The van der Waals surface area contributed by atoms with E-state index >= 15 is 0 Å². The van der Waals surface area contributed by atoms with Crippen LogP contribution in [0.4, 0.5) is 0 Å². The number of hydrogen-bond donors (Lipinski definition) is 0. The number of aromatic nitrogens is 1. The first-order valence-corrected chi connectivity index (χ1v) is 7.17. The predicted octanol–water partition coefficient (Wildman–Crippen LogP) is 2.51. The Kier molecular flexibility index (Phi) is 3.60. The fourth-order valence-corrected chi connectivity index (χ4v) is 2.62. The molecule has 1 saturated carbocycles. The summed E-state index contributed by atoms with van der Waals surface area (Å²) in [5.41, 5.74) is 0. The van der Waals surface area contributed by atoms with Crippen LogP contribution in [0.25, 0.3) is 0 Å². The first-order chi connectivity index (χ1) is 9.24. The molecule has 0 bridgehead atoms. The Hall–Kier alpha value is -1.29. The Morgan fingerprint density at radius 2 is 2.26 bits per heavy atom. The van der Waals surface area contributed by atoms with Gasteiger partial charge < -0.3 is 9.64 Å². The van der Waals surface area contributed by atoms with Crippen LogP contribution in [0, 0.1) is 5.92 Å². The number of amides is 1. The Morgan fingerprint density at radius 3 is 3.00 bits per heavy atom. The van der Waals surface area contributed by atoms with Crippen molar-refractivity contribution >= 4 is 17.5 Å². The zero-order chi connectivity index (χ0) is 13.2. The van der Waals surface area contributed by atoms with Crippen molar-refractivity contribution in [2.24, 2.45) is 5.92 Å². The van der Waals surface area contributed by atoms with Gasteiger partial charge in [-0.2, -0.15) is 0 Å². The monoisotopic (exact) mass is 280 g/mol. The highest BCUT2D eigenvalue weighted by Gasteiger charge is 2.35. The molecule has 1 amide bonds. The second-order valence-corrected chi connectivity index (χ2v) is 5.65. The molecule has 1 aliphatic carbocycles. The lowest BCUT2D eigenvalue weighted by Crippen LogP contribution is -2.45. The number of pyridine rings is 1. The molecule has 0 unspecified atom stereocenters. The molecule has 0 N–H and O–H groups in total. The van der Waals surface area contributed by atoms with E-state index in [-0.39, 0.29) is 12.0 Å². The quantitative estimate of drug-likeness (QED) is 0.854. The number of rotatable bonds is 3. The maximum atomic E-state index is 12.1. The Labute approximate surface area is 117 Å². The molecule has 1 aromatic rings. The molecule has 1 aliphatic heterocycles. The van der Waals surface area contributed by atoms with Crippen LogP contribution in [0.2, 0.25) is 5.02 Å². The highest BCUT2D eigenvalue weighted by atomic mass is 35.5. The number of carbonyl (C=O) groups excluding carboxylic acids is 1. The van der Waals surface area contributed by atoms with Crippen molar-refractivity contribution in [2.45, 2.75) is 31.8 Å². The lowest BCUT2D eigenvalue weighted by atomic mass is 10.1. The first-order valence-electron chi connectivity index (χ1n) is 6.79. The zero-order valence-corrected chi connectivity index (χ0v) is 11.5. The van der Waals surface area contributed by atoms with Gasteiger partial charge in [0.15, 0.2) is 0 Å². The van der Waals surface area contributed by atoms with Crippen molar-refractivity contribution in [3.05, 3.63) is 23.5 Å². The molecule has 2 aliphatic rings. The predicted molar refractivity (Wildman–Crippen MR) is 72.2 cm³/mol. The third-order valence-electron chi connectivity index (χ3n) is 3.65. The van der Waals surface area contributed by atoms with Gasteiger partial charge in [0.05, 0.1) is 6.54 Å². The summed E-state index contributed by atoms with van der Waals surface area (Å²) in [6.07, 6.45) is 7.34. The Morgan fingerprint density at radius 1 is 1.42 bits per heavy atom. The van der Waals surface area contributed by atoms with Crippen LogP contribution in [0.15, 0.2) is 18.5 Å². The summed E-state index contributed by atoms with van der Waals surface area (Å²) in [6.45, 7) is 1.53. The standard InChI is InChI=1S/C14H17ClN2O2/c15-12-8-16-6-5-13(12)19-11-2-1-7-17(9-11)14(18)10-3-4-10/h5-6,8,10-11H,1-4,7,9H2/t11-/m1/s1. The number of piperidine rings is 1. The molecular formula is C14H17ClN2O2. The van der Waals surface area contributed by atoms with Crippen molar-refractivity contribution in [3.8, 4) is 5.75 Å². The molecular weight excluding hydrogens is 264 g/mol. The van der Waals surface area contributed by atoms with E-state index in [4.69, 9.17) is 16.3 Å². The van der Waals surface area contributed by atoms with E-state index in [0.29, 0.717) is 23.2 Å². The minimum absolute atomic E-state index is 0.0383. The number of hydrogen-bond acceptors (Lipinski definition) is 3. The fraction of sp³-hybridized carbons (Fsp3) is 0.571. The number of halogens is 1. The molecule has 3 rings (SSSR count). The van der Waals surface area contributed by atoms with Crippen LogP contribution >= 0.6 is 11.6 Å². The molecule has 4 nitrogen and oxygen atoms in total. The zero-order valence-electron chi connectivity index (χ0n) is 10.7. The highest BCUT2D eigenvalue weighted by Crippen LogP contribution is 2.32. The smallest absolute Gasteiger partial charge is 0.225 e. The van der Waals surface area contributed by atoms with Crippen molar-refractivity contribution in [1.29, 1.82) is 0 Å². The van der Waals surface area contributed by atoms with E-state index in [1.54, 1.807) is 18.5 Å². The lowest BCUT2D eigenvalue weighted by molar-refractivity contribution is -0.135. The molecule has 102 valence electrons. The van der Waals surface area contributed by atoms with Gasteiger partial charge in [0, 0.05) is 30.9 Å². The summed E-state index contributed by atoms with van der Waals surface area (Å²) in [5.74, 6) is 1.24. The van der Waals surface area contributed by atoms with Gasteiger partial charge in [-0.1, -0.05) is 11.6 Å². The average molecular weight is 281 g/mol. The Bertz CT molecular complexity index is 476. The van der Waals surface area contributed by atoms with Gasteiger partial charge >= 0.3 is 0 Å². The Balaban J connectivity index is 1.62. The molecule has 1 saturated heterocycles. The normalized spacial score (nSPS) is 23.2. The molecule has 2 heterocycles. The van der Waals surface area contributed by atoms with Crippen LogP contribution < -0.4 is 4.74 Å². The summed E-state index contributed by atoms with van der Waals surface area (Å²) in [7, 11) is 0. The summed E-state index contributed by atoms with van der Waals surface area (Å²) >= 11 is 6.03. The van der Waals surface area contributed by atoms with Crippen molar-refractivity contribution < 1.29 is 9.53 Å². The van der Waals surface area contributed by atoms with Crippen LogP contribution in [0.5, 0.6) is 5.75 Å². The molecule has 0 spiro atoms. The van der Waals surface area contributed by atoms with Crippen LogP contribution in [-0.4, -0.2) is 35.0 Å². The highest BCUT2D eigenvalue weighted by molar-refractivity contribution is 6.31. The first kappa shape index (κ1) is 12.7. The van der Waals surface area contributed by atoms with Crippen LogP contribution in [0.1, 0.15) is 25.7 Å². The SMILES string of the molecule is O=C(C1CC1)N1CCC[C@@H](Oc2ccncc2Cl)C1. The molecule has 1 aromatic heterocycles. The molecule has 5 heteroatoms. The minimum atomic E-state index is 0.0383. The van der Waals surface area contributed by atoms with Crippen molar-refractivity contribution in [3.63, 3.8) is 0 Å². The summed E-state index contributed by atoms with van der Waals surface area (Å²) in [6, 6.07) is 1.77. The molecule has 19 heavy (non-hydrogen) atoms. The van der Waals surface area contributed by atoms with Gasteiger partial charge in [-0.3, -0.25) is 9.78 Å². The second kappa shape index (κ2) is 5.37. The van der Waals surface area contributed by atoms with Gasteiger partial charge in [0.25, 0.3) is 0 Å². The van der Waals surface area contributed by atoms with E-state index in [9.17, 15) is 4.79 Å². The fourth-order valence-electron chi connectivity index (χ4n) is 2.46. The van der Waals surface area contributed by atoms with Crippen molar-refractivity contribution in [2.75, 3.05) is 13.1 Å². The van der Waals surface area contributed by atoms with Gasteiger partial charge in [-0.05, 0) is 25.7 Å². The number of nitrogens with zero attached hydrogens (tertiary/aromatic N) is 2. The van der Waals surface area contributed by atoms with Crippen molar-refractivity contribution in [1.82, 2.24) is 9.88 Å². The summed E-state index contributed by atoms with van der Waals surface area (Å²) in [5, 5.41) is 0.521. The van der Waals surface area contributed by atoms with Crippen LogP contribution in [-0.2, 0) is 4.79 Å². The second-order valence-electron chi connectivity index (χ2n) is 5.25. The van der Waals surface area contributed by atoms with Gasteiger partial charge in [0.1, 0.15) is 16.9 Å². The van der Waals surface area contributed by atoms with E-state index in [1.165, 1.54) is 0 Å². The topological polar surface area (TPSA) is 42.4 Å². The van der Waals surface area contributed by atoms with E-state index in [2.05, 4.69) is 4.98 Å². The largest absolute Gasteiger partial charge is 0.487 e. The number of ether oxygens (including phenoxy) is 1. The maximum Gasteiger partial charge on any atom is 0.225 e. The third kappa shape index (κ3) is 3.00. The minimum Gasteiger partial charge on any atom is -0.487 e. The number of likely N-dealkylation sites (tertiary alicyclic amines) is 1. The third-order valence-corrected chi connectivity index (χ3v) is 3.93. The summed E-state index contributed by atoms with van der Waals surface area (Å²) < 4.78 is 5.90. The van der Waals surface area contributed by atoms with Gasteiger partial charge in [-0.25, -0.2) is 0 Å². The average Bonchev–Trinajstić information content (AvgIpc) is 3.25. The molecule has 0 radical (unpaired) electrons.